The number of nitrogens with zero attached hydrogens (tertiary/aromatic N) is 2. The van der Waals surface area contributed by atoms with Gasteiger partial charge in [-0.05, 0) is 37.0 Å². The van der Waals surface area contributed by atoms with Crippen LogP contribution in [-0.4, -0.2) is 68.8 Å². The summed E-state index contributed by atoms with van der Waals surface area (Å²) >= 11 is 0. The Hall–Kier alpha value is -1.97. The van der Waals surface area contributed by atoms with Gasteiger partial charge in [0, 0.05) is 31.8 Å². The van der Waals surface area contributed by atoms with Gasteiger partial charge in [0.1, 0.15) is 4.90 Å². The van der Waals surface area contributed by atoms with Gasteiger partial charge in [-0.3, -0.25) is 9.59 Å². The van der Waals surface area contributed by atoms with Gasteiger partial charge in [0.15, 0.2) is 0 Å². The summed E-state index contributed by atoms with van der Waals surface area (Å²) in [5, 5.41) is 0. The van der Waals surface area contributed by atoms with Gasteiger partial charge in [-0.1, -0.05) is 6.92 Å². The molecular weight excluding hydrogens is 370 g/mol. The van der Waals surface area contributed by atoms with Crippen LogP contribution in [0.3, 0.4) is 0 Å². The second kappa shape index (κ2) is 7.57. The predicted octanol–water partition coefficient (Wildman–Crippen LogP) is 0.677. The van der Waals surface area contributed by atoms with E-state index >= 15 is 0 Å². The van der Waals surface area contributed by atoms with Crippen molar-refractivity contribution in [2.24, 2.45) is 11.7 Å². The van der Waals surface area contributed by atoms with Crippen molar-refractivity contribution in [1.82, 2.24) is 9.21 Å². The number of piperidine rings is 1. The SMILES string of the molecule is COCCN1C(=O)c2ccc(C(=O)N3CCCC(C)C3CN)cc2S1(=O)=O. The summed E-state index contributed by atoms with van der Waals surface area (Å²) in [4.78, 5) is 27.0. The molecule has 0 saturated carbocycles. The van der Waals surface area contributed by atoms with Gasteiger partial charge < -0.3 is 15.4 Å². The molecule has 1 aromatic carbocycles. The zero-order valence-electron chi connectivity index (χ0n) is 15.6. The lowest BCUT2D eigenvalue weighted by Crippen LogP contribution is -2.51. The quantitative estimate of drug-likeness (QED) is 0.785. The number of hydrogen-bond donors (Lipinski definition) is 1. The van der Waals surface area contributed by atoms with Gasteiger partial charge in [0.05, 0.1) is 18.7 Å². The number of likely N-dealkylation sites (tertiary alicyclic amines) is 1. The second-order valence-electron chi connectivity index (χ2n) is 7.01. The standard InChI is InChI=1S/C18H25N3O5S/c1-12-4-3-7-20(15(12)11-19)17(22)13-5-6-14-16(10-13)27(24,25)21(18(14)23)8-9-26-2/h5-6,10,12,15H,3-4,7-9,11,19H2,1-2H3. The highest BCUT2D eigenvalue weighted by Crippen LogP contribution is 2.32. The maximum absolute atomic E-state index is 13.0. The van der Waals surface area contributed by atoms with Crippen LogP contribution in [0, 0.1) is 5.92 Å². The van der Waals surface area contributed by atoms with Crippen LogP contribution >= 0.6 is 0 Å². The molecule has 3 rings (SSSR count). The Labute approximate surface area is 159 Å². The Morgan fingerprint density at radius 3 is 2.78 bits per heavy atom. The summed E-state index contributed by atoms with van der Waals surface area (Å²) in [7, 11) is -2.54. The maximum Gasteiger partial charge on any atom is 0.269 e. The minimum atomic E-state index is -3.98. The fourth-order valence-electron chi connectivity index (χ4n) is 3.83. The van der Waals surface area contributed by atoms with Crippen molar-refractivity contribution < 1.29 is 22.7 Å². The highest BCUT2D eigenvalue weighted by atomic mass is 32.2. The molecule has 0 bridgehead atoms. The van der Waals surface area contributed by atoms with Crippen molar-refractivity contribution in [3.8, 4) is 0 Å². The number of hydrogen-bond acceptors (Lipinski definition) is 6. The lowest BCUT2D eigenvalue weighted by molar-refractivity contribution is 0.0532. The van der Waals surface area contributed by atoms with E-state index in [1.54, 1.807) is 4.90 Å². The van der Waals surface area contributed by atoms with E-state index in [9.17, 15) is 18.0 Å². The number of nitrogens with two attached hydrogens (primary N) is 1. The number of methoxy groups -OCH3 is 1. The van der Waals surface area contributed by atoms with E-state index in [0.29, 0.717) is 13.1 Å². The molecule has 0 aromatic heterocycles. The molecule has 2 atom stereocenters. The molecule has 148 valence electrons. The monoisotopic (exact) mass is 395 g/mol. The third-order valence-electron chi connectivity index (χ3n) is 5.37. The summed E-state index contributed by atoms with van der Waals surface area (Å²) in [5.41, 5.74) is 6.21. The zero-order chi connectivity index (χ0) is 19.8. The maximum atomic E-state index is 13.0. The van der Waals surface area contributed by atoms with E-state index in [2.05, 4.69) is 6.92 Å². The number of ether oxygens (including phenoxy) is 1. The molecule has 1 aromatic rings. The topological polar surface area (TPSA) is 110 Å². The number of amides is 2. The second-order valence-corrected chi connectivity index (χ2v) is 8.84. The van der Waals surface area contributed by atoms with Crippen molar-refractivity contribution >= 4 is 21.8 Å². The summed E-state index contributed by atoms with van der Waals surface area (Å²) in [6.45, 7) is 3.06. The minimum absolute atomic E-state index is 0.0610. The van der Waals surface area contributed by atoms with Gasteiger partial charge in [-0.2, -0.15) is 0 Å². The average molecular weight is 395 g/mol. The van der Waals surface area contributed by atoms with Crippen LogP contribution in [0.2, 0.25) is 0 Å². The normalized spacial score (nSPS) is 24.2. The first-order valence-corrected chi connectivity index (χ1v) is 10.5. The lowest BCUT2D eigenvalue weighted by atomic mass is 9.90. The van der Waals surface area contributed by atoms with Crippen molar-refractivity contribution in [1.29, 1.82) is 0 Å². The molecule has 2 heterocycles. The summed E-state index contributed by atoms with van der Waals surface area (Å²) in [6, 6.07) is 4.17. The number of carbonyl (C=O) groups excluding carboxylic acids is 2. The molecule has 1 saturated heterocycles. The first-order chi connectivity index (χ1) is 12.8. The molecule has 8 nitrogen and oxygen atoms in total. The van der Waals surface area contributed by atoms with E-state index in [0.717, 1.165) is 17.1 Å². The van der Waals surface area contributed by atoms with E-state index in [-0.39, 0.29) is 47.0 Å². The number of rotatable bonds is 5. The van der Waals surface area contributed by atoms with Crippen LogP contribution in [0.4, 0.5) is 0 Å². The highest BCUT2D eigenvalue weighted by Gasteiger charge is 2.42. The van der Waals surface area contributed by atoms with Crippen molar-refractivity contribution in [3.63, 3.8) is 0 Å². The van der Waals surface area contributed by atoms with Crippen molar-refractivity contribution in [3.05, 3.63) is 29.3 Å². The van der Waals surface area contributed by atoms with E-state index in [1.807, 2.05) is 0 Å². The smallest absolute Gasteiger partial charge is 0.269 e. The number of fused-ring (bicyclic) bond motifs is 1. The summed E-state index contributed by atoms with van der Waals surface area (Å²) in [5.74, 6) is -0.553. The molecule has 0 radical (unpaired) electrons. The first-order valence-electron chi connectivity index (χ1n) is 9.04. The third-order valence-corrected chi connectivity index (χ3v) is 7.19. The van der Waals surface area contributed by atoms with E-state index < -0.39 is 15.9 Å². The molecule has 27 heavy (non-hydrogen) atoms. The highest BCUT2D eigenvalue weighted by molar-refractivity contribution is 7.90. The molecule has 2 N–H and O–H groups in total. The Kier molecular flexibility index (Phi) is 5.55. The first kappa shape index (κ1) is 19.8. The van der Waals surface area contributed by atoms with Crippen molar-refractivity contribution in [2.75, 3.05) is 33.4 Å². The Balaban J connectivity index is 1.93. The fraction of sp³-hybridized carbons (Fsp3) is 0.556. The van der Waals surface area contributed by atoms with Crippen LogP contribution in [0.5, 0.6) is 0 Å². The minimum Gasteiger partial charge on any atom is -0.383 e. The zero-order valence-corrected chi connectivity index (χ0v) is 16.4. The van der Waals surface area contributed by atoms with E-state index in [4.69, 9.17) is 10.5 Å². The number of benzene rings is 1. The molecule has 0 aliphatic carbocycles. The number of carbonyl (C=O) groups is 2. The van der Waals surface area contributed by atoms with Crippen molar-refractivity contribution in [2.45, 2.75) is 30.7 Å². The molecule has 2 amide bonds. The fourth-order valence-corrected chi connectivity index (χ4v) is 5.41. The van der Waals surface area contributed by atoms with Gasteiger partial charge >= 0.3 is 0 Å². The predicted molar refractivity (Wildman–Crippen MR) is 98.8 cm³/mol. The Bertz CT molecular complexity index is 855. The van der Waals surface area contributed by atoms with Gasteiger partial charge in [-0.15, -0.1) is 0 Å². The largest absolute Gasteiger partial charge is 0.383 e. The molecular formula is C18H25N3O5S. The molecule has 1 fully saturated rings. The van der Waals surface area contributed by atoms with Crippen LogP contribution in [0.15, 0.2) is 23.1 Å². The molecule has 2 unspecified atom stereocenters. The van der Waals surface area contributed by atoms with Gasteiger partial charge in [0.25, 0.3) is 21.8 Å². The van der Waals surface area contributed by atoms with Crippen LogP contribution < -0.4 is 5.73 Å². The van der Waals surface area contributed by atoms with Crippen LogP contribution in [0.1, 0.15) is 40.5 Å². The average Bonchev–Trinajstić information content (AvgIpc) is 2.84. The Morgan fingerprint density at radius 2 is 2.11 bits per heavy atom. The molecule has 2 aliphatic rings. The van der Waals surface area contributed by atoms with Gasteiger partial charge in [-0.25, -0.2) is 12.7 Å². The van der Waals surface area contributed by atoms with Crippen LogP contribution in [0.25, 0.3) is 0 Å². The lowest BCUT2D eigenvalue weighted by Gasteiger charge is -2.39. The third kappa shape index (κ3) is 3.35. The summed E-state index contributed by atoms with van der Waals surface area (Å²) in [6.07, 6.45) is 1.89. The Morgan fingerprint density at radius 1 is 1.37 bits per heavy atom. The molecule has 9 heteroatoms. The summed E-state index contributed by atoms with van der Waals surface area (Å²) < 4.78 is 31.1. The van der Waals surface area contributed by atoms with Gasteiger partial charge in [0.2, 0.25) is 0 Å². The van der Waals surface area contributed by atoms with E-state index in [1.165, 1.54) is 25.3 Å². The molecule has 2 aliphatic heterocycles. The van der Waals surface area contributed by atoms with Crippen LogP contribution in [-0.2, 0) is 14.8 Å². The molecule has 0 spiro atoms. The number of sulfonamides is 1.